The van der Waals surface area contributed by atoms with Crippen LogP contribution in [-0.4, -0.2) is 30.9 Å². The Morgan fingerprint density at radius 3 is 2.82 bits per heavy atom. The number of rotatable bonds is 7. The number of aliphatic hydroxyl groups is 1. The molecule has 0 saturated heterocycles. The van der Waals surface area contributed by atoms with Crippen LogP contribution in [0.15, 0.2) is 18.2 Å². The van der Waals surface area contributed by atoms with Crippen molar-refractivity contribution < 1.29 is 9.84 Å². The monoisotopic (exact) mass is 237 g/mol. The van der Waals surface area contributed by atoms with E-state index in [4.69, 9.17) is 4.74 Å². The number of nitrogens with one attached hydrogen (secondary N) is 1. The summed E-state index contributed by atoms with van der Waals surface area (Å²) < 4.78 is 5.62. The van der Waals surface area contributed by atoms with Gasteiger partial charge in [0.1, 0.15) is 18.5 Å². The van der Waals surface area contributed by atoms with Crippen LogP contribution >= 0.6 is 0 Å². The second-order valence-electron chi connectivity index (χ2n) is 4.37. The standard InChI is InChI=1S/C14H23NO2/c1-4-8-15-9-13(16)10-17-14-7-5-6-11(2)12(14)3/h5-7,13,15-16H,4,8-10H2,1-3H3. The Balaban J connectivity index is 2.37. The molecule has 0 heterocycles. The van der Waals surface area contributed by atoms with Crippen LogP contribution < -0.4 is 10.1 Å². The van der Waals surface area contributed by atoms with Crippen LogP contribution in [0.1, 0.15) is 24.5 Å². The quantitative estimate of drug-likeness (QED) is 0.713. The summed E-state index contributed by atoms with van der Waals surface area (Å²) in [5.41, 5.74) is 2.35. The average Bonchev–Trinajstić information content (AvgIpc) is 2.31. The molecule has 0 spiro atoms. The lowest BCUT2D eigenvalue weighted by atomic mass is 10.1. The van der Waals surface area contributed by atoms with Crippen molar-refractivity contribution in [3.8, 4) is 5.75 Å². The van der Waals surface area contributed by atoms with Crippen LogP contribution in [0.25, 0.3) is 0 Å². The van der Waals surface area contributed by atoms with Gasteiger partial charge in [0.05, 0.1) is 0 Å². The lowest BCUT2D eigenvalue weighted by Crippen LogP contribution is -2.31. The zero-order valence-corrected chi connectivity index (χ0v) is 11.0. The number of ether oxygens (including phenoxy) is 1. The van der Waals surface area contributed by atoms with Gasteiger partial charge in [-0.3, -0.25) is 0 Å². The van der Waals surface area contributed by atoms with Gasteiger partial charge in [-0.05, 0) is 44.0 Å². The SMILES string of the molecule is CCCNCC(O)COc1cccc(C)c1C. The highest BCUT2D eigenvalue weighted by molar-refractivity contribution is 5.38. The smallest absolute Gasteiger partial charge is 0.122 e. The van der Waals surface area contributed by atoms with Gasteiger partial charge in [0.15, 0.2) is 0 Å². The van der Waals surface area contributed by atoms with E-state index in [0.717, 1.165) is 24.3 Å². The molecule has 1 unspecified atom stereocenters. The van der Waals surface area contributed by atoms with E-state index in [1.54, 1.807) is 0 Å². The molecule has 1 atom stereocenters. The first kappa shape index (κ1) is 14.0. The van der Waals surface area contributed by atoms with Gasteiger partial charge in [0.25, 0.3) is 0 Å². The highest BCUT2D eigenvalue weighted by atomic mass is 16.5. The summed E-state index contributed by atoms with van der Waals surface area (Å²) in [5.74, 6) is 0.861. The second-order valence-corrected chi connectivity index (χ2v) is 4.37. The molecule has 0 aliphatic carbocycles. The van der Waals surface area contributed by atoms with Crippen LogP contribution in [0.2, 0.25) is 0 Å². The molecule has 0 amide bonds. The van der Waals surface area contributed by atoms with E-state index in [2.05, 4.69) is 25.2 Å². The molecule has 0 radical (unpaired) electrons. The van der Waals surface area contributed by atoms with Crippen molar-refractivity contribution in [3.63, 3.8) is 0 Å². The first-order valence-electron chi connectivity index (χ1n) is 6.23. The zero-order chi connectivity index (χ0) is 12.7. The van der Waals surface area contributed by atoms with Gasteiger partial charge in [-0.2, -0.15) is 0 Å². The molecule has 3 nitrogen and oxygen atoms in total. The summed E-state index contributed by atoms with van der Waals surface area (Å²) in [6.45, 7) is 8.04. The van der Waals surface area contributed by atoms with Gasteiger partial charge in [0.2, 0.25) is 0 Å². The summed E-state index contributed by atoms with van der Waals surface area (Å²) in [7, 11) is 0. The topological polar surface area (TPSA) is 41.5 Å². The molecular weight excluding hydrogens is 214 g/mol. The Labute approximate surface area is 104 Å². The zero-order valence-electron chi connectivity index (χ0n) is 11.0. The summed E-state index contributed by atoms with van der Waals surface area (Å²) in [4.78, 5) is 0. The predicted octanol–water partition coefficient (Wildman–Crippen LogP) is 2.04. The normalized spacial score (nSPS) is 12.5. The molecule has 0 fully saturated rings. The second kappa shape index (κ2) is 7.30. The van der Waals surface area contributed by atoms with Crippen LogP contribution in [0.3, 0.4) is 0 Å². The summed E-state index contributed by atoms with van der Waals surface area (Å²) in [5, 5.41) is 12.9. The fourth-order valence-electron chi connectivity index (χ4n) is 1.57. The number of hydrogen-bond donors (Lipinski definition) is 2. The first-order valence-corrected chi connectivity index (χ1v) is 6.23. The molecule has 0 bridgehead atoms. The van der Waals surface area contributed by atoms with Gasteiger partial charge < -0.3 is 15.2 Å². The van der Waals surface area contributed by atoms with Gasteiger partial charge in [-0.1, -0.05) is 19.1 Å². The van der Waals surface area contributed by atoms with E-state index < -0.39 is 6.10 Å². The molecule has 0 aliphatic heterocycles. The summed E-state index contributed by atoms with van der Waals surface area (Å²) >= 11 is 0. The molecule has 0 aliphatic rings. The van der Waals surface area contributed by atoms with E-state index in [-0.39, 0.29) is 0 Å². The van der Waals surface area contributed by atoms with Gasteiger partial charge in [-0.25, -0.2) is 0 Å². The summed E-state index contributed by atoms with van der Waals surface area (Å²) in [6, 6.07) is 5.97. The fraction of sp³-hybridized carbons (Fsp3) is 0.571. The average molecular weight is 237 g/mol. The lowest BCUT2D eigenvalue weighted by molar-refractivity contribution is 0.106. The molecule has 96 valence electrons. The largest absolute Gasteiger partial charge is 0.491 e. The third-order valence-corrected chi connectivity index (χ3v) is 2.79. The van der Waals surface area contributed by atoms with Crippen LogP contribution in [0.5, 0.6) is 5.75 Å². The molecule has 2 N–H and O–H groups in total. The van der Waals surface area contributed by atoms with Crippen LogP contribution in [0, 0.1) is 13.8 Å². The van der Waals surface area contributed by atoms with Gasteiger partial charge in [-0.15, -0.1) is 0 Å². The maximum absolute atomic E-state index is 9.71. The fourth-order valence-corrected chi connectivity index (χ4v) is 1.57. The van der Waals surface area contributed by atoms with Crippen molar-refractivity contribution in [2.75, 3.05) is 19.7 Å². The molecule has 3 heteroatoms. The minimum atomic E-state index is -0.457. The van der Waals surface area contributed by atoms with Gasteiger partial charge >= 0.3 is 0 Å². The Hall–Kier alpha value is -1.06. The summed E-state index contributed by atoms with van der Waals surface area (Å²) in [6.07, 6.45) is 0.617. The van der Waals surface area contributed by atoms with Gasteiger partial charge in [0, 0.05) is 6.54 Å². The number of benzene rings is 1. The van der Waals surface area contributed by atoms with Crippen LogP contribution in [-0.2, 0) is 0 Å². The Kier molecular flexibility index (Phi) is 6.01. The molecule has 1 rings (SSSR count). The minimum absolute atomic E-state index is 0.334. The number of aliphatic hydroxyl groups excluding tert-OH is 1. The van der Waals surface area contributed by atoms with E-state index >= 15 is 0 Å². The van der Waals surface area contributed by atoms with Crippen molar-refractivity contribution in [1.82, 2.24) is 5.32 Å². The Bertz CT molecular complexity index is 339. The molecular formula is C14H23NO2. The maximum atomic E-state index is 9.71. The molecule has 1 aromatic carbocycles. The maximum Gasteiger partial charge on any atom is 0.122 e. The molecule has 17 heavy (non-hydrogen) atoms. The van der Waals surface area contributed by atoms with E-state index in [1.807, 2.05) is 19.1 Å². The van der Waals surface area contributed by atoms with Crippen molar-refractivity contribution in [1.29, 1.82) is 0 Å². The minimum Gasteiger partial charge on any atom is -0.491 e. The Morgan fingerprint density at radius 1 is 1.35 bits per heavy atom. The van der Waals surface area contributed by atoms with Crippen molar-refractivity contribution >= 4 is 0 Å². The molecule has 0 saturated carbocycles. The highest BCUT2D eigenvalue weighted by Crippen LogP contribution is 2.20. The highest BCUT2D eigenvalue weighted by Gasteiger charge is 2.06. The number of hydrogen-bond acceptors (Lipinski definition) is 3. The Morgan fingerprint density at radius 2 is 2.12 bits per heavy atom. The van der Waals surface area contributed by atoms with Crippen LogP contribution in [0.4, 0.5) is 0 Å². The van der Waals surface area contributed by atoms with Crippen molar-refractivity contribution in [2.24, 2.45) is 0 Å². The lowest BCUT2D eigenvalue weighted by Gasteiger charge is -2.15. The number of aryl methyl sites for hydroxylation is 1. The van der Waals surface area contributed by atoms with E-state index in [0.29, 0.717) is 13.2 Å². The predicted molar refractivity (Wildman–Crippen MR) is 70.6 cm³/mol. The van der Waals surface area contributed by atoms with E-state index in [9.17, 15) is 5.11 Å². The van der Waals surface area contributed by atoms with Crippen molar-refractivity contribution in [2.45, 2.75) is 33.3 Å². The third kappa shape index (κ3) is 4.75. The van der Waals surface area contributed by atoms with Crippen molar-refractivity contribution in [3.05, 3.63) is 29.3 Å². The molecule has 0 aromatic heterocycles. The molecule has 1 aromatic rings. The van der Waals surface area contributed by atoms with E-state index in [1.165, 1.54) is 5.56 Å². The third-order valence-electron chi connectivity index (χ3n) is 2.79. The first-order chi connectivity index (χ1) is 8.15.